The molecule has 0 atom stereocenters. The van der Waals surface area contributed by atoms with Crippen molar-refractivity contribution in [2.75, 3.05) is 0 Å². The second-order valence-corrected chi connectivity index (χ2v) is 6.59. The van der Waals surface area contributed by atoms with E-state index in [9.17, 15) is 8.42 Å². The molecule has 1 N–H and O–H groups in total. The lowest BCUT2D eigenvalue weighted by molar-refractivity contribution is 0.584. The predicted octanol–water partition coefficient (Wildman–Crippen LogP) is 2.35. The van der Waals surface area contributed by atoms with Gasteiger partial charge in [-0.1, -0.05) is 35.3 Å². The van der Waals surface area contributed by atoms with Gasteiger partial charge in [0.2, 0.25) is 0 Å². The molecule has 2 aromatic rings. The minimum Gasteiger partial charge on any atom is -0.256 e. The van der Waals surface area contributed by atoms with Crippen molar-refractivity contribution in [3.8, 4) is 0 Å². The van der Waals surface area contributed by atoms with Gasteiger partial charge in [-0.15, -0.1) is 0 Å². The van der Waals surface area contributed by atoms with Gasteiger partial charge in [0.1, 0.15) is 10.0 Å². The zero-order chi connectivity index (χ0) is 15.6. The largest absolute Gasteiger partial charge is 0.278 e. The smallest absolute Gasteiger partial charge is 0.256 e. The fraction of sp³-hybridized carbons (Fsp3) is 0.167. The number of halogens is 2. The summed E-state index contributed by atoms with van der Waals surface area (Å²) in [4.78, 5) is 2.05. The number of benzene rings is 1. The maximum Gasteiger partial charge on any atom is 0.278 e. The number of rotatable bonds is 4. The molecule has 0 radical (unpaired) electrons. The van der Waals surface area contributed by atoms with Crippen molar-refractivity contribution in [2.45, 2.75) is 11.8 Å². The Bertz CT molecular complexity index is 800. The summed E-state index contributed by atoms with van der Waals surface area (Å²) in [6, 6.07) is 6.10. The van der Waals surface area contributed by atoms with E-state index in [2.05, 4.69) is 15.0 Å². The third kappa shape index (κ3) is 3.37. The number of nitrogens with zero attached hydrogens (tertiary/aromatic N) is 3. The summed E-state index contributed by atoms with van der Waals surface area (Å²) in [6.07, 6.45) is 1.30. The lowest BCUT2D eigenvalue weighted by Gasteiger charge is -2.04. The summed E-state index contributed by atoms with van der Waals surface area (Å²) >= 11 is 11.9. The Morgan fingerprint density at radius 3 is 2.57 bits per heavy atom. The number of hydrogen-bond acceptors (Lipinski definition) is 4. The summed E-state index contributed by atoms with van der Waals surface area (Å²) in [5.74, 6) is 0. The molecule has 0 saturated heterocycles. The monoisotopic (exact) mass is 346 g/mol. The van der Waals surface area contributed by atoms with E-state index < -0.39 is 10.0 Å². The molecule has 21 heavy (non-hydrogen) atoms. The van der Waals surface area contributed by atoms with Crippen LogP contribution in [0.15, 0.2) is 34.3 Å². The second-order valence-electron chi connectivity index (χ2n) is 4.20. The topological polar surface area (TPSA) is 76.3 Å². The maximum absolute atomic E-state index is 12.1. The Kier molecular flexibility index (Phi) is 4.55. The quantitative estimate of drug-likeness (QED) is 0.681. The van der Waals surface area contributed by atoms with E-state index in [-0.39, 0.29) is 9.92 Å². The van der Waals surface area contributed by atoms with Crippen molar-refractivity contribution in [3.63, 3.8) is 0 Å². The molecule has 6 nitrogen and oxygen atoms in total. The van der Waals surface area contributed by atoms with E-state index in [1.165, 1.54) is 23.0 Å². The maximum atomic E-state index is 12.1. The van der Waals surface area contributed by atoms with Crippen LogP contribution in [0, 0.1) is 6.92 Å². The van der Waals surface area contributed by atoms with Crippen LogP contribution in [-0.4, -0.2) is 24.4 Å². The normalized spacial score (nSPS) is 12.0. The van der Waals surface area contributed by atoms with E-state index >= 15 is 0 Å². The highest BCUT2D eigenvalue weighted by molar-refractivity contribution is 7.89. The predicted molar refractivity (Wildman–Crippen MR) is 82.3 cm³/mol. The third-order valence-corrected chi connectivity index (χ3v) is 4.86. The number of aryl methyl sites for hydroxylation is 2. The van der Waals surface area contributed by atoms with Crippen molar-refractivity contribution in [1.29, 1.82) is 0 Å². The average molecular weight is 347 g/mol. The molecule has 1 aromatic carbocycles. The van der Waals surface area contributed by atoms with Crippen molar-refractivity contribution >= 4 is 39.4 Å². The number of hydrogen-bond donors (Lipinski definition) is 1. The average Bonchev–Trinajstić information content (AvgIpc) is 2.65. The number of sulfonamides is 1. The molecule has 0 unspecified atom stereocenters. The second kappa shape index (κ2) is 6.05. The summed E-state index contributed by atoms with van der Waals surface area (Å²) in [7, 11) is -2.15. The van der Waals surface area contributed by atoms with Crippen LogP contribution in [0.25, 0.3) is 0 Å². The fourth-order valence-electron chi connectivity index (χ4n) is 1.67. The van der Waals surface area contributed by atoms with Crippen LogP contribution < -0.4 is 4.83 Å². The molecule has 0 saturated carbocycles. The summed E-state index contributed by atoms with van der Waals surface area (Å²) < 4.78 is 25.6. The van der Waals surface area contributed by atoms with Gasteiger partial charge < -0.3 is 0 Å². The fourth-order valence-corrected chi connectivity index (χ4v) is 3.20. The lowest BCUT2D eigenvalue weighted by atomic mass is 10.3. The van der Waals surface area contributed by atoms with Crippen LogP contribution >= 0.6 is 23.2 Å². The zero-order valence-electron chi connectivity index (χ0n) is 11.2. The Hall–Kier alpha value is -1.57. The molecule has 1 aromatic heterocycles. The summed E-state index contributed by atoms with van der Waals surface area (Å²) in [5, 5.41) is 8.29. The molecule has 112 valence electrons. The van der Waals surface area contributed by atoms with Crippen LogP contribution in [0.3, 0.4) is 0 Å². The molecule has 0 amide bonds. The van der Waals surface area contributed by atoms with Gasteiger partial charge in [0.25, 0.3) is 10.0 Å². The minimum atomic E-state index is -3.83. The van der Waals surface area contributed by atoms with E-state index in [1.807, 2.05) is 0 Å². The molecular weight excluding hydrogens is 335 g/mol. The first-order valence-corrected chi connectivity index (χ1v) is 8.05. The Balaban J connectivity index is 2.23. The van der Waals surface area contributed by atoms with Gasteiger partial charge in [-0.05, 0) is 19.1 Å². The van der Waals surface area contributed by atoms with Crippen LogP contribution in [0.5, 0.6) is 0 Å². The molecule has 2 rings (SSSR count). The summed E-state index contributed by atoms with van der Waals surface area (Å²) in [5.41, 5.74) is 1.18. The van der Waals surface area contributed by atoms with Crippen molar-refractivity contribution < 1.29 is 8.42 Å². The molecular formula is C12H12Cl2N4O2S. The first kappa shape index (κ1) is 15.8. The highest BCUT2D eigenvalue weighted by Gasteiger charge is 2.16. The zero-order valence-corrected chi connectivity index (χ0v) is 13.5. The molecule has 0 aliphatic carbocycles. The van der Waals surface area contributed by atoms with Gasteiger partial charge in [-0.2, -0.15) is 18.6 Å². The van der Waals surface area contributed by atoms with Crippen LogP contribution in [0.1, 0.15) is 11.3 Å². The van der Waals surface area contributed by atoms with E-state index in [4.69, 9.17) is 23.2 Å². The highest BCUT2D eigenvalue weighted by atomic mass is 35.5. The molecule has 0 aliphatic heterocycles. The standard InChI is InChI=1S/C12H12Cl2N4O2S/c1-8-9(12(14)18(2)16-8)7-15-17-21(19,20)11-6-4-3-5-10(11)13/h3-7,17H,1-2H3. The molecule has 0 spiro atoms. The molecule has 0 bridgehead atoms. The Morgan fingerprint density at radius 2 is 2.00 bits per heavy atom. The minimum absolute atomic E-state index is 0.0437. The first-order chi connectivity index (χ1) is 9.83. The van der Waals surface area contributed by atoms with Crippen molar-refractivity contribution in [3.05, 3.63) is 45.7 Å². The molecule has 0 fully saturated rings. The van der Waals surface area contributed by atoms with Crippen LogP contribution in [-0.2, 0) is 17.1 Å². The Morgan fingerprint density at radius 1 is 1.33 bits per heavy atom. The van der Waals surface area contributed by atoms with E-state index in [1.54, 1.807) is 26.1 Å². The molecule has 0 aliphatic rings. The van der Waals surface area contributed by atoms with Gasteiger partial charge in [-0.25, -0.2) is 4.83 Å². The number of nitrogens with one attached hydrogen (secondary N) is 1. The van der Waals surface area contributed by atoms with E-state index in [0.29, 0.717) is 16.4 Å². The van der Waals surface area contributed by atoms with Gasteiger partial charge in [0, 0.05) is 7.05 Å². The van der Waals surface area contributed by atoms with Crippen LogP contribution in [0.4, 0.5) is 0 Å². The van der Waals surface area contributed by atoms with E-state index in [0.717, 1.165) is 0 Å². The molecule has 1 heterocycles. The lowest BCUT2D eigenvalue weighted by Crippen LogP contribution is -2.18. The highest BCUT2D eigenvalue weighted by Crippen LogP contribution is 2.20. The van der Waals surface area contributed by atoms with Gasteiger partial charge in [0.15, 0.2) is 0 Å². The third-order valence-electron chi connectivity index (χ3n) is 2.69. The number of aromatic nitrogens is 2. The van der Waals surface area contributed by atoms with Crippen molar-refractivity contribution in [2.24, 2.45) is 12.1 Å². The summed E-state index contributed by atoms with van der Waals surface area (Å²) in [6.45, 7) is 1.75. The van der Waals surface area contributed by atoms with Gasteiger partial charge >= 0.3 is 0 Å². The van der Waals surface area contributed by atoms with Gasteiger partial charge in [0.05, 0.1) is 22.5 Å². The SMILES string of the molecule is Cc1nn(C)c(Cl)c1C=NNS(=O)(=O)c1ccccc1Cl. The van der Waals surface area contributed by atoms with Gasteiger partial charge in [-0.3, -0.25) is 4.68 Å². The molecule has 9 heteroatoms. The Labute approximate surface area is 132 Å². The number of hydrazone groups is 1. The van der Waals surface area contributed by atoms with Crippen LogP contribution in [0.2, 0.25) is 10.2 Å². The first-order valence-electron chi connectivity index (χ1n) is 5.81. The van der Waals surface area contributed by atoms with Crippen molar-refractivity contribution in [1.82, 2.24) is 14.6 Å².